The van der Waals surface area contributed by atoms with Crippen LogP contribution in [0.5, 0.6) is 0 Å². The van der Waals surface area contributed by atoms with Gasteiger partial charge in [-0.1, -0.05) is 6.58 Å². The monoisotopic (exact) mass is 478 g/mol. The number of hydrogen-bond acceptors (Lipinski definition) is 8. The van der Waals surface area contributed by atoms with Crippen LogP contribution >= 0.6 is 0 Å². The lowest BCUT2D eigenvalue weighted by Gasteiger charge is -2.38. The highest BCUT2D eigenvalue weighted by Crippen LogP contribution is 2.21. The second-order valence-electron chi connectivity index (χ2n) is 8.97. The molecule has 184 valence electrons. The van der Waals surface area contributed by atoms with Crippen molar-refractivity contribution in [3.05, 3.63) is 53.7 Å². The number of hydrogen-bond donors (Lipinski definition) is 1. The van der Waals surface area contributed by atoms with Crippen LogP contribution in [0.1, 0.15) is 6.42 Å². The Morgan fingerprint density at radius 2 is 2.00 bits per heavy atom. The van der Waals surface area contributed by atoms with Crippen molar-refractivity contribution in [1.82, 2.24) is 34.1 Å². The number of nitrogens with one attached hydrogen (secondary N) is 1. The molecule has 3 aromatic rings. The molecule has 1 amide bonds. The van der Waals surface area contributed by atoms with Gasteiger partial charge in [0.25, 0.3) is 5.56 Å². The smallest absolute Gasteiger partial charge is 0.252 e. The third-order valence-corrected chi connectivity index (χ3v) is 6.57. The second-order valence-corrected chi connectivity index (χ2v) is 8.97. The van der Waals surface area contributed by atoms with Gasteiger partial charge in [0.15, 0.2) is 0 Å². The molecule has 0 atom stereocenters. The maximum atomic E-state index is 12.6. The largest absolute Gasteiger partial charge is 0.379 e. The Morgan fingerprint density at radius 3 is 2.80 bits per heavy atom. The molecule has 2 saturated heterocycles. The van der Waals surface area contributed by atoms with Crippen molar-refractivity contribution < 1.29 is 9.53 Å². The number of morpholine rings is 1. The molecule has 5 heterocycles. The zero-order valence-corrected chi connectivity index (χ0v) is 19.7. The van der Waals surface area contributed by atoms with Crippen LogP contribution in [0.3, 0.4) is 0 Å². The normalized spacial score (nSPS) is 16.9. The van der Waals surface area contributed by atoms with E-state index in [4.69, 9.17) is 4.74 Å². The Morgan fingerprint density at radius 1 is 1.17 bits per heavy atom. The van der Waals surface area contributed by atoms with Crippen LogP contribution in [0.2, 0.25) is 0 Å². The number of fused-ring (bicyclic) bond motifs is 1. The Hall–Kier alpha value is -3.57. The number of likely N-dealkylation sites (tertiary alicyclic amines) is 1. The molecule has 0 spiro atoms. The second kappa shape index (κ2) is 10.4. The highest BCUT2D eigenvalue weighted by Gasteiger charge is 2.29. The van der Waals surface area contributed by atoms with Gasteiger partial charge in [-0.3, -0.25) is 23.7 Å². The van der Waals surface area contributed by atoms with E-state index >= 15 is 0 Å². The number of anilines is 2. The summed E-state index contributed by atoms with van der Waals surface area (Å²) in [4.78, 5) is 37.5. The molecule has 0 unspecified atom stereocenters. The van der Waals surface area contributed by atoms with E-state index in [1.807, 2.05) is 10.9 Å². The Kier molecular flexibility index (Phi) is 6.87. The predicted molar refractivity (Wildman–Crippen MR) is 131 cm³/mol. The van der Waals surface area contributed by atoms with Gasteiger partial charge in [-0.05, 0) is 24.5 Å². The molecule has 1 N–H and O–H groups in total. The fourth-order valence-corrected chi connectivity index (χ4v) is 4.47. The van der Waals surface area contributed by atoms with Gasteiger partial charge < -0.3 is 15.0 Å². The average Bonchev–Trinajstić information content (AvgIpc) is 3.30. The molecule has 2 aliphatic rings. The summed E-state index contributed by atoms with van der Waals surface area (Å²) in [7, 11) is 0. The summed E-state index contributed by atoms with van der Waals surface area (Å²) in [5, 5.41) is 8.44. The van der Waals surface area contributed by atoms with E-state index in [1.165, 1.54) is 6.08 Å². The van der Waals surface area contributed by atoms with E-state index < -0.39 is 0 Å². The van der Waals surface area contributed by atoms with Gasteiger partial charge in [0.05, 0.1) is 31.6 Å². The van der Waals surface area contributed by atoms with Gasteiger partial charge >= 0.3 is 0 Å². The molecule has 11 nitrogen and oxygen atoms in total. The third-order valence-electron chi connectivity index (χ3n) is 6.57. The van der Waals surface area contributed by atoms with Gasteiger partial charge in [-0.2, -0.15) is 10.1 Å². The van der Waals surface area contributed by atoms with Crippen LogP contribution in [-0.2, 0) is 22.6 Å². The fraction of sp³-hybridized carbons (Fsp3) is 0.458. The van der Waals surface area contributed by atoms with E-state index in [0.29, 0.717) is 37.1 Å². The molecule has 0 aromatic carbocycles. The summed E-state index contributed by atoms with van der Waals surface area (Å²) in [5.74, 6) is 0.733. The number of amides is 1. The van der Waals surface area contributed by atoms with E-state index in [0.717, 1.165) is 56.9 Å². The fourth-order valence-electron chi connectivity index (χ4n) is 4.47. The number of aryl methyl sites for hydroxylation is 1. The number of rotatable bonds is 9. The molecule has 0 saturated carbocycles. The number of ether oxygens (including phenoxy) is 1. The molecule has 35 heavy (non-hydrogen) atoms. The maximum absolute atomic E-state index is 12.6. The summed E-state index contributed by atoms with van der Waals surface area (Å²) in [5.41, 5.74) is 1.28. The molecular formula is C24H30N8O3. The molecule has 5 rings (SSSR count). The van der Waals surface area contributed by atoms with Gasteiger partial charge in [0.2, 0.25) is 11.9 Å². The van der Waals surface area contributed by atoms with Crippen molar-refractivity contribution in [2.75, 3.05) is 51.3 Å². The van der Waals surface area contributed by atoms with Crippen LogP contribution < -0.4 is 10.9 Å². The molecule has 2 aliphatic heterocycles. The van der Waals surface area contributed by atoms with Gasteiger partial charge in [0, 0.05) is 63.1 Å². The van der Waals surface area contributed by atoms with Gasteiger partial charge in [0.1, 0.15) is 5.65 Å². The first kappa shape index (κ1) is 23.2. The molecule has 0 bridgehead atoms. The van der Waals surface area contributed by atoms with E-state index in [-0.39, 0.29) is 11.5 Å². The summed E-state index contributed by atoms with van der Waals surface area (Å²) in [6.07, 6.45) is 7.53. The number of carbonyl (C=O) groups excluding carboxylic acids is 1. The van der Waals surface area contributed by atoms with Crippen molar-refractivity contribution in [3.8, 4) is 0 Å². The van der Waals surface area contributed by atoms with E-state index in [9.17, 15) is 9.59 Å². The van der Waals surface area contributed by atoms with Crippen LogP contribution in [0.15, 0.2) is 48.2 Å². The summed E-state index contributed by atoms with van der Waals surface area (Å²) in [6.45, 7) is 10.6. The van der Waals surface area contributed by atoms with E-state index in [1.54, 1.807) is 34.0 Å². The van der Waals surface area contributed by atoms with Crippen LogP contribution in [0, 0.1) is 5.92 Å². The molecule has 0 aliphatic carbocycles. The lowest BCUT2D eigenvalue weighted by molar-refractivity contribution is -0.132. The first-order valence-electron chi connectivity index (χ1n) is 12.0. The van der Waals surface area contributed by atoms with Crippen molar-refractivity contribution >= 4 is 28.6 Å². The van der Waals surface area contributed by atoms with Gasteiger partial charge in [-0.25, -0.2) is 4.98 Å². The highest BCUT2D eigenvalue weighted by molar-refractivity contribution is 5.87. The lowest BCUT2D eigenvalue weighted by atomic mass is 9.96. The van der Waals surface area contributed by atoms with Crippen molar-refractivity contribution in [1.29, 1.82) is 0 Å². The topological polar surface area (TPSA) is 110 Å². The first-order valence-corrected chi connectivity index (χ1v) is 12.0. The van der Waals surface area contributed by atoms with Crippen LogP contribution in [-0.4, -0.2) is 86.0 Å². The predicted octanol–water partition coefficient (Wildman–Crippen LogP) is 1.10. The molecule has 2 fully saturated rings. The summed E-state index contributed by atoms with van der Waals surface area (Å²) >= 11 is 0. The standard InChI is InChI=1S/C24H30N8O3/c1-2-21(33)30-15-18(16-30)5-6-32-22(34)4-3-19-13-25-24(28-23(19)32)27-20-14-26-31(17-20)8-7-29-9-11-35-12-10-29/h2-4,13-14,17-18H,1,5-12,15-16H2,(H,25,27,28). The molecule has 11 heteroatoms. The minimum absolute atomic E-state index is 0.0450. The maximum Gasteiger partial charge on any atom is 0.252 e. The number of nitrogens with zero attached hydrogens (tertiary/aromatic N) is 7. The SMILES string of the molecule is C=CC(=O)N1CC(CCn2c(=O)ccc3cnc(Nc4cnn(CCN5CCOCC5)c4)nc32)C1. The van der Waals surface area contributed by atoms with Crippen LogP contribution in [0.25, 0.3) is 11.0 Å². The molecular weight excluding hydrogens is 448 g/mol. The molecule has 3 aromatic heterocycles. The summed E-state index contributed by atoms with van der Waals surface area (Å²) < 4.78 is 8.98. The highest BCUT2D eigenvalue weighted by atomic mass is 16.5. The summed E-state index contributed by atoms with van der Waals surface area (Å²) in [6, 6.07) is 3.29. The minimum atomic E-state index is -0.101. The Labute approximate surface area is 203 Å². The zero-order valence-electron chi connectivity index (χ0n) is 19.7. The number of carbonyl (C=O) groups is 1. The van der Waals surface area contributed by atoms with Crippen molar-refractivity contribution in [2.45, 2.75) is 19.5 Å². The lowest BCUT2D eigenvalue weighted by Crippen LogP contribution is -2.49. The van der Waals surface area contributed by atoms with E-state index in [2.05, 4.69) is 31.9 Å². The first-order chi connectivity index (χ1) is 17.1. The number of pyridine rings is 1. The number of aromatic nitrogens is 5. The quantitative estimate of drug-likeness (QED) is 0.455. The Balaban J connectivity index is 1.23. The molecule has 0 radical (unpaired) electrons. The van der Waals surface area contributed by atoms with Gasteiger partial charge in [-0.15, -0.1) is 0 Å². The minimum Gasteiger partial charge on any atom is -0.379 e. The van der Waals surface area contributed by atoms with Crippen molar-refractivity contribution in [3.63, 3.8) is 0 Å². The Bertz CT molecular complexity index is 1260. The third kappa shape index (κ3) is 5.41. The average molecular weight is 479 g/mol. The zero-order chi connectivity index (χ0) is 24.2. The van der Waals surface area contributed by atoms with Crippen LogP contribution in [0.4, 0.5) is 11.6 Å². The van der Waals surface area contributed by atoms with Crippen molar-refractivity contribution in [2.24, 2.45) is 5.92 Å².